The Balaban J connectivity index is 1.86. The monoisotopic (exact) mass is 302 g/mol. The Morgan fingerprint density at radius 1 is 1.37 bits per heavy atom. The number of hydrogen-bond acceptors (Lipinski definition) is 3. The predicted octanol–water partition coefficient (Wildman–Crippen LogP) is 2.18. The average Bonchev–Trinajstić information content (AvgIpc) is 2.83. The second-order valence-corrected chi connectivity index (χ2v) is 5.50. The summed E-state index contributed by atoms with van der Waals surface area (Å²) in [5.74, 6) is 0.872. The van der Waals surface area contributed by atoms with Gasteiger partial charge in [-0.2, -0.15) is 0 Å². The number of hydrogen-bond donors (Lipinski definition) is 1. The number of nitrogens with zero attached hydrogens (tertiary/aromatic N) is 1. The first kappa shape index (κ1) is 14.4. The summed E-state index contributed by atoms with van der Waals surface area (Å²) in [6, 6.07) is 4.88. The number of rotatable bonds is 4. The van der Waals surface area contributed by atoms with Crippen LogP contribution in [0.1, 0.15) is 6.42 Å². The lowest BCUT2D eigenvalue weighted by Gasteiger charge is -2.16. The van der Waals surface area contributed by atoms with Crippen LogP contribution in [0.4, 0.5) is 0 Å². The van der Waals surface area contributed by atoms with Gasteiger partial charge in [0, 0.05) is 23.1 Å². The largest absolute Gasteiger partial charge is 0.484 e. The Kier molecular flexibility index (Phi) is 4.91. The highest BCUT2D eigenvalue weighted by Crippen LogP contribution is 2.24. The Morgan fingerprint density at radius 3 is 2.63 bits per heavy atom. The van der Waals surface area contributed by atoms with Gasteiger partial charge in [0.25, 0.3) is 5.91 Å². The summed E-state index contributed by atoms with van der Waals surface area (Å²) < 4.78 is 5.42. The van der Waals surface area contributed by atoms with Gasteiger partial charge in [-0.3, -0.25) is 4.79 Å². The first-order chi connectivity index (χ1) is 9.08. The molecule has 1 aromatic rings. The van der Waals surface area contributed by atoms with Gasteiger partial charge in [-0.1, -0.05) is 23.2 Å². The highest BCUT2D eigenvalue weighted by molar-refractivity contribution is 6.34. The van der Waals surface area contributed by atoms with Crippen LogP contribution in [0.3, 0.4) is 0 Å². The average molecular weight is 303 g/mol. The summed E-state index contributed by atoms with van der Waals surface area (Å²) in [4.78, 5) is 13.7. The van der Waals surface area contributed by atoms with Gasteiger partial charge in [0.1, 0.15) is 5.75 Å². The maximum absolute atomic E-state index is 11.9. The van der Waals surface area contributed by atoms with E-state index in [1.54, 1.807) is 23.1 Å². The minimum Gasteiger partial charge on any atom is -0.484 e. The molecule has 1 fully saturated rings. The van der Waals surface area contributed by atoms with Crippen LogP contribution < -0.4 is 10.5 Å². The maximum Gasteiger partial charge on any atom is 0.260 e. The van der Waals surface area contributed by atoms with E-state index in [0.29, 0.717) is 28.3 Å². The molecule has 2 N–H and O–H groups in total. The third-order valence-electron chi connectivity index (χ3n) is 3.17. The van der Waals surface area contributed by atoms with Gasteiger partial charge in [-0.15, -0.1) is 0 Å². The third kappa shape index (κ3) is 4.00. The van der Waals surface area contributed by atoms with Gasteiger partial charge in [-0.05, 0) is 37.1 Å². The molecule has 0 aliphatic carbocycles. The molecule has 1 unspecified atom stereocenters. The Morgan fingerprint density at radius 2 is 2.05 bits per heavy atom. The third-order valence-corrected chi connectivity index (χ3v) is 3.61. The van der Waals surface area contributed by atoms with Crippen LogP contribution in [0.5, 0.6) is 5.75 Å². The van der Waals surface area contributed by atoms with Gasteiger partial charge < -0.3 is 15.4 Å². The number of nitrogens with two attached hydrogens (primary N) is 1. The molecule has 1 heterocycles. The molecule has 4 nitrogen and oxygen atoms in total. The quantitative estimate of drug-likeness (QED) is 0.927. The molecule has 0 spiro atoms. The van der Waals surface area contributed by atoms with Crippen molar-refractivity contribution in [2.45, 2.75) is 6.42 Å². The zero-order valence-electron chi connectivity index (χ0n) is 10.4. The standard InChI is InChI=1S/C13H16Cl2N2O2/c14-10-3-11(15)5-12(4-10)19-8-13(18)17-2-1-9(6-16)7-17/h3-5,9H,1-2,6-8,16H2. The van der Waals surface area contributed by atoms with E-state index in [9.17, 15) is 4.79 Å². The van der Waals surface area contributed by atoms with Crippen molar-refractivity contribution in [3.05, 3.63) is 28.2 Å². The molecular formula is C13H16Cl2N2O2. The minimum atomic E-state index is -0.0351. The van der Waals surface area contributed by atoms with Crippen molar-refractivity contribution in [3.8, 4) is 5.75 Å². The topological polar surface area (TPSA) is 55.6 Å². The van der Waals surface area contributed by atoms with E-state index in [-0.39, 0.29) is 12.5 Å². The fraction of sp³-hybridized carbons (Fsp3) is 0.462. The lowest BCUT2D eigenvalue weighted by atomic mass is 10.1. The lowest BCUT2D eigenvalue weighted by Crippen LogP contribution is -2.33. The van der Waals surface area contributed by atoms with Crippen LogP contribution in [0.2, 0.25) is 10.0 Å². The van der Waals surface area contributed by atoms with Crippen LogP contribution in [-0.2, 0) is 4.79 Å². The number of carbonyl (C=O) groups is 1. The van der Waals surface area contributed by atoms with E-state index in [1.807, 2.05) is 0 Å². The van der Waals surface area contributed by atoms with Crippen molar-refractivity contribution >= 4 is 29.1 Å². The van der Waals surface area contributed by atoms with Crippen LogP contribution >= 0.6 is 23.2 Å². The van der Waals surface area contributed by atoms with Crippen molar-refractivity contribution in [2.24, 2.45) is 11.7 Å². The molecule has 1 atom stereocenters. The Hall–Kier alpha value is -0.970. The van der Waals surface area contributed by atoms with Crippen LogP contribution in [0.25, 0.3) is 0 Å². The fourth-order valence-electron chi connectivity index (χ4n) is 2.10. The highest BCUT2D eigenvalue weighted by Gasteiger charge is 2.25. The molecule has 19 heavy (non-hydrogen) atoms. The van der Waals surface area contributed by atoms with Crippen molar-refractivity contribution in [2.75, 3.05) is 26.2 Å². The van der Waals surface area contributed by atoms with Crippen molar-refractivity contribution in [1.82, 2.24) is 4.90 Å². The number of carbonyl (C=O) groups excluding carboxylic acids is 1. The first-order valence-electron chi connectivity index (χ1n) is 6.15. The number of amides is 1. The van der Waals surface area contributed by atoms with Crippen LogP contribution in [-0.4, -0.2) is 37.0 Å². The fourth-order valence-corrected chi connectivity index (χ4v) is 2.61. The van der Waals surface area contributed by atoms with Gasteiger partial charge in [0.15, 0.2) is 6.61 Å². The van der Waals surface area contributed by atoms with E-state index in [1.165, 1.54) is 0 Å². The Labute approximate surface area is 122 Å². The first-order valence-corrected chi connectivity index (χ1v) is 6.91. The van der Waals surface area contributed by atoms with Crippen LogP contribution in [0, 0.1) is 5.92 Å². The summed E-state index contributed by atoms with van der Waals surface area (Å²) in [5.41, 5.74) is 5.60. The SMILES string of the molecule is NCC1CCN(C(=O)COc2cc(Cl)cc(Cl)c2)C1. The molecule has 6 heteroatoms. The molecule has 0 radical (unpaired) electrons. The molecule has 1 aromatic carbocycles. The number of ether oxygens (including phenoxy) is 1. The molecule has 1 aliphatic rings. The second-order valence-electron chi connectivity index (χ2n) is 4.62. The molecular weight excluding hydrogens is 287 g/mol. The second kappa shape index (κ2) is 6.46. The summed E-state index contributed by atoms with van der Waals surface area (Å²) >= 11 is 11.7. The molecule has 0 aromatic heterocycles. The number of likely N-dealkylation sites (tertiary alicyclic amines) is 1. The van der Waals surface area contributed by atoms with Gasteiger partial charge >= 0.3 is 0 Å². The highest BCUT2D eigenvalue weighted by atomic mass is 35.5. The normalized spacial score (nSPS) is 18.7. The van der Waals surface area contributed by atoms with Gasteiger partial charge in [0.05, 0.1) is 0 Å². The predicted molar refractivity (Wildman–Crippen MR) is 75.7 cm³/mol. The molecule has 0 bridgehead atoms. The molecule has 104 valence electrons. The molecule has 2 rings (SSSR count). The minimum absolute atomic E-state index is 0.00599. The van der Waals surface area contributed by atoms with Crippen molar-refractivity contribution < 1.29 is 9.53 Å². The molecule has 0 saturated carbocycles. The van der Waals surface area contributed by atoms with E-state index in [4.69, 9.17) is 33.7 Å². The van der Waals surface area contributed by atoms with Gasteiger partial charge in [-0.25, -0.2) is 0 Å². The van der Waals surface area contributed by atoms with Crippen molar-refractivity contribution in [3.63, 3.8) is 0 Å². The van der Waals surface area contributed by atoms with Crippen LogP contribution in [0.15, 0.2) is 18.2 Å². The van der Waals surface area contributed by atoms with E-state index in [2.05, 4.69) is 0 Å². The smallest absolute Gasteiger partial charge is 0.260 e. The van der Waals surface area contributed by atoms with Crippen molar-refractivity contribution in [1.29, 1.82) is 0 Å². The maximum atomic E-state index is 11.9. The Bertz CT molecular complexity index is 448. The van der Waals surface area contributed by atoms with Gasteiger partial charge in [0.2, 0.25) is 0 Å². The van der Waals surface area contributed by atoms with E-state index in [0.717, 1.165) is 19.5 Å². The lowest BCUT2D eigenvalue weighted by molar-refractivity contribution is -0.132. The molecule has 1 aliphatic heterocycles. The van der Waals surface area contributed by atoms with E-state index >= 15 is 0 Å². The summed E-state index contributed by atoms with van der Waals surface area (Å²) in [5, 5.41) is 0.971. The summed E-state index contributed by atoms with van der Waals surface area (Å²) in [6.07, 6.45) is 0.964. The van der Waals surface area contributed by atoms with E-state index < -0.39 is 0 Å². The summed E-state index contributed by atoms with van der Waals surface area (Å²) in [7, 11) is 0. The molecule has 1 amide bonds. The zero-order valence-corrected chi connectivity index (χ0v) is 12.0. The number of halogens is 2. The molecule has 1 saturated heterocycles. The zero-order chi connectivity index (χ0) is 13.8. The summed E-state index contributed by atoms with van der Waals surface area (Å²) in [6.45, 7) is 2.08. The number of benzene rings is 1.